The van der Waals surface area contributed by atoms with Gasteiger partial charge in [-0.05, 0) is 17.8 Å². The summed E-state index contributed by atoms with van der Waals surface area (Å²) >= 11 is 3.59. The summed E-state index contributed by atoms with van der Waals surface area (Å²) in [5.74, 6) is 0.628. The summed E-state index contributed by atoms with van der Waals surface area (Å²) in [5, 5.41) is 0. The van der Waals surface area contributed by atoms with Crippen LogP contribution in [0.1, 0.15) is 34.1 Å². The minimum atomic E-state index is -3.08. The average Bonchev–Trinajstić information content (AvgIpc) is 2.05. The topological polar surface area (TPSA) is 37.4 Å². The summed E-state index contributed by atoms with van der Waals surface area (Å²) in [6.07, 6.45) is 0.907. The quantitative estimate of drug-likeness (QED) is 0.735. The molecule has 0 amide bonds. The molecule has 0 aliphatic carbocycles. The Balaban J connectivity index is 2.71. The fraction of sp³-hybridized carbons (Fsp3) is 1.00. The number of piperidine rings is 1. The number of hydrogen-bond donors (Lipinski definition) is 0. The largest absolute Gasteiger partial charge is 0.214 e. The Labute approximate surface area is 108 Å². The third-order valence-electron chi connectivity index (χ3n) is 2.77. The van der Waals surface area contributed by atoms with Gasteiger partial charge in [0.15, 0.2) is 0 Å². The lowest BCUT2D eigenvalue weighted by atomic mass is 10.0. The maximum atomic E-state index is 12.2. The van der Waals surface area contributed by atoms with Crippen molar-refractivity contribution in [3.05, 3.63) is 0 Å². The molecule has 1 aliphatic rings. The van der Waals surface area contributed by atoms with E-state index >= 15 is 0 Å². The Bertz CT molecular complexity index is 334. The predicted octanol–water partition coefficient (Wildman–Crippen LogP) is 2.47. The molecule has 96 valence electrons. The molecule has 0 radical (unpaired) electrons. The van der Waals surface area contributed by atoms with E-state index in [1.807, 2.05) is 20.8 Å². The molecule has 0 aromatic carbocycles. The van der Waals surface area contributed by atoms with Gasteiger partial charge >= 0.3 is 0 Å². The van der Waals surface area contributed by atoms with Crippen LogP contribution in [0.15, 0.2) is 0 Å². The van der Waals surface area contributed by atoms with Crippen LogP contribution < -0.4 is 0 Å². The van der Waals surface area contributed by atoms with E-state index in [9.17, 15) is 8.42 Å². The molecule has 0 saturated carbocycles. The Morgan fingerprint density at radius 3 is 2.38 bits per heavy atom. The molecule has 16 heavy (non-hydrogen) atoms. The highest BCUT2D eigenvalue weighted by molar-refractivity contribution is 9.09. The SMILES string of the molecule is CC1CN(S(=O)(=O)CC(C)(C)C)CCC1Br. The van der Waals surface area contributed by atoms with Crippen LogP contribution >= 0.6 is 15.9 Å². The first-order valence-electron chi connectivity index (χ1n) is 5.74. The van der Waals surface area contributed by atoms with Crippen LogP contribution in [-0.2, 0) is 10.0 Å². The van der Waals surface area contributed by atoms with Crippen molar-refractivity contribution in [2.45, 2.75) is 38.9 Å². The third-order valence-corrected chi connectivity index (χ3v) is 6.48. The zero-order valence-electron chi connectivity index (χ0n) is 10.5. The van der Waals surface area contributed by atoms with Gasteiger partial charge in [0.25, 0.3) is 0 Å². The Hall–Kier alpha value is 0.390. The van der Waals surface area contributed by atoms with Crippen LogP contribution in [0.3, 0.4) is 0 Å². The van der Waals surface area contributed by atoms with E-state index in [1.54, 1.807) is 4.31 Å². The van der Waals surface area contributed by atoms with Gasteiger partial charge in [0.05, 0.1) is 5.75 Å². The lowest BCUT2D eigenvalue weighted by molar-refractivity contribution is 0.287. The number of alkyl halides is 1. The first kappa shape index (κ1) is 14.5. The fourth-order valence-electron chi connectivity index (χ4n) is 1.97. The lowest BCUT2D eigenvalue weighted by Crippen LogP contribution is -2.45. The van der Waals surface area contributed by atoms with Crippen molar-refractivity contribution >= 4 is 26.0 Å². The van der Waals surface area contributed by atoms with Crippen molar-refractivity contribution in [3.63, 3.8) is 0 Å². The summed E-state index contributed by atoms with van der Waals surface area (Å²) < 4.78 is 26.0. The van der Waals surface area contributed by atoms with Gasteiger partial charge < -0.3 is 0 Å². The average molecular weight is 312 g/mol. The zero-order valence-corrected chi connectivity index (χ0v) is 12.9. The molecule has 0 aromatic heterocycles. The van der Waals surface area contributed by atoms with Crippen molar-refractivity contribution in [1.29, 1.82) is 0 Å². The standard InChI is InChI=1S/C11H22BrNO2S/c1-9-7-13(6-5-10(9)12)16(14,15)8-11(2,3)4/h9-10H,5-8H2,1-4H3. The second-order valence-corrected chi connectivity index (χ2v) is 9.10. The molecular weight excluding hydrogens is 290 g/mol. The van der Waals surface area contributed by atoms with Crippen LogP contribution in [0.25, 0.3) is 0 Å². The third kappa shape index (κ3) is 4.00. The van der Waals surface area contributed by atoms with Crippen LogP contribution in [-0.4, -0.2) is 36.4 Å². The summed E-state index contributed by atoms with van der Waals surface area (Å²) in [5.41, 5.74) is -0.173. The van der Waals surface area contributed by atoms with E-state index in [0.717, 1.165) is 6.42 Å². The van der Waals surface area contributed by atoms with E-state index < -0.39 is 10.0 Å². The highest BCUT2D eigenvalue weighted by Gasteiger charge is 2.33. The molecule has 2 atom stereocenters. The van der Waals surface area contributed by atoms with Gasteiger partial charge in [-0.25, -0.2) is 12.7 Å². The monoisotopic (exact) mass is 311 g/mol. The van der Waals surface area contributed by atoms with Crippen molar-refractivity contribution in [2.75, 3.05) is 18.8 Å². The smallest absolute Gasteiger partial charge is 0.212 e. The van der Waals surface area contributed by atoms with Crippen molar-refractivity contribution < 1.29 is 8.42 Å². The van der Waals surface area contributed by atoms with E-state index in [0.29, 0.717) is 23.8 Å². The van der Waals surface area contributed by atoms with Gasteiger partial charge in [0.2, 0.25) is 10.0 Å². The zero-order chi connectivity index (χ0) is 12.6. The van der Waals surface area contributed by atoms with Gasteiger partial charge in [-0.3, -0.25) is 0 Å². The molecule has 1 aliphatic heterocycles. The van der Waals surface area contributed by atoms with E-state index in [1.165, 1.54) is 0 Å². The van der Waals surface area contributed by atoms with Crippen molar-refractivity contribution in [2.24, 2.45) is 11.3 Å². The number of rotatable bonds is 2. The van der Waals surface area contributed by atoms with E-state index in [-0.39, 0.29) is 11.2 Å². The molecule has 1 rings (SSSR count). The molecule has 5 heteroatoms. The molecule has 2 unspecified atom stereocenters. The second kappa shape index (κ2) is 4.94. The number of halogens is 1. The normalized spacial score (nSPS) is 29.3. The molecule has 3 nitrogen and oxygen atoms in total. The number of sulfonamides is 1. The molecule has 1 fully saturated rings. The number of hydrogen-bond acceptors (Lipinski definition) is 2. The number of nitrogens with zero attached hydrogens (tertiary/aromatic N) is 1. The lowest BCUT2D eigenvalue weighted by Gasteiger charge is -2.35. The molecule has 1 saturated heterocycles. The predicted molar refractivity (Wildman–Crippen MR) is 71.3 cm³/mol. The van der Waals surface area contributed by atoms with Crippen molar-refractivity contribution in [3.8, 4) is 0 Å². The summed E-state index contributed by atoms with van der Waals surface area (Å²) in [4.78, 5) is 0.452. The minimum absolute atomic E-state index is 0.173. The molecule has 1 heterocycles. The maximum absolute atomic E-state index is 12.2. The fourth-order valence-corrected chi connectivity index (χ4v) is 4.46. The van der Waals surface area contributed by atoms with Gasteiger partial charge in [-0.15, -0.1) is 0 Å². The molecule has 0 bridgehead atoms. The second-order valence-electron chi connectivity index (χ2n) is 5.96. The first-order valence-corrected chi connectivity index (χ1v) is 8.26. The molecule has 0 aromatic rings. The van der Waals surface area contributed by atoms with E-state index in [2.05, 4.69) is 22.9 Å². The summed E-state index contributed by atoms with van der Waals surface area (Å²) in [6, 6.07) is 0. The summed E-state index contributed by atoms with van der Waals surface area (Å²) in [6.45, 7) is 9.28. The van der Waals surface area contributed by atoms with Crippen LogP contribution in [0, 0.1) is 11.3 Å². The van der Waals surface area contributed by atoms with Crippen LogP contribution in [0.5, 0.6) is 0 Å². The Kier molecular flexibility index (Phi) is 4.46. The molecule has 0 N–H and O–H groups in total. The van der Waals surface area contributed by atoms with Gasteiger partial charge in [-0.2, -0.15) is 0 Å². The minimum Gasteiger partial charge on any atom is -0.212 e. The highest BCUT2D eigenvalue weighted by Crippen LogP contribution is 2.27. The highest BCUT2D eigenvalue weighted by atomic mass is 79.9. The first-order chi connectivity index (χ1) is 7.12. The van der Waals surface area contributed by atoms with Crippen molar-refractivity contribution in [1.82, 2.24) is 4.31 Å². The van der Waals surface area contributed by atoms with Gasteiger partial charge in [-0.1, -0.05) is 43.6 Å². The Morgan fingerprint density at radius 1 is 1.38 bits per heavy atom. The molecule has 0 spiro atoms. The summed E-state index contributed by atoms with van der Waals surface area (Å²) in [7, 11) is -3.08. The Morgan fingerprint density at radius 2 is 1.94 bits per heavy atom. The van der Waals surface area contributed by atoms with E-state index in [4.69, 9.17) is 0 Å². The molecular formula is C11H22BrNO2S. The maximum Gasteiger partial charge on any atom is 0.214 e. The van der Waals surface area contributed by atoms with Gasteiger partial charge in [0, 0.05) is 17.9 Å². The van der Waals surface area contributed by atoms with Gasteiger partial charge in [0.1, 0.15) is 0 Å². The van der Waals surface area contributed by atoms with Crippen LogP contribution in [0.2, 0.25) is 0 Å². The van der Waals surface area contributed by atoms with Crippen LogP contribution in [0.4, 0.5) is 0 Å².